The van der Waals surface area contributed by atoms with Crippen molar-refractivity contribution in [1.82, 2.24) is 0 Å². The fraction of sp³-hybridized carbons (Fsp3) is 0.947. The molecular formula is C76H148O17P2. The molecule has 0 aromatic rings. The Hall–Kier alpha value is -1.94. The zero-order valence-corrected chi connectivity index (χ0v) is 63.6. The van der Waals surface area contributed by atoms with Gasteiger partial charge in [0.25, 0.3) is 0 Å². The van der Waals surface area contributed by atoms with Crippen LogP contribution in [0, 0.1) is 5.92 Å². The van der Waals surface area contributed by atoms with E-state index in [0.29, 0.717) is 25.7 Å². The van der Waals surface area contributed by atoms with Crippen LogP contribution in [0.5, 0.6) is 0 Å². The molecule has 564 valence electrons. The first-order valence-electron chi connectivity index (χ1n) is 39.6. The quantitative estimate of drug-likeness (QED) is 0.0222. The van der Waals surface area contributed by atoms with Crippen LogP contribution in [0.1, 0.15) is 401 Å². The normalized spacial score (nSPS) is 13.9. The Labute approximate surface area is 581 Å². The van der Waals surface area contributed by atoms with Crippen LogP contribution in [0.15, 0.2) is 0 Å². The molecule has 0 saturated carbocycles. The molecule has 0 radical (unpaired) electrons. The summed E-state index contributed by atoms with van der Waals surface area (Å²) in [6.45, 7) is 7.32. The summed E-state index contributed by atoms with van der Waals surface area (Å²) in [5.41, 5.74) is 0. The maximum Gasteiger partial charge on any atom is 0.472 e. The summed E-state index contributed by atoms with van der Waals surface area (Å²) in [4.78, 5) is 72.8. The van der Waals surface area contributed by atoms with E-state index < -0.39 is 97.5 Å². The summed E-state index contributed by atoms with van der Waals surface area (Å²) in [6, 6.07) is 0. The predicted molar refractivity (Wildman–Crippen MR) is 386 cm³/mol. The van der Waals surface area contributed by atoms with E-state index in [9.17, 15) is 43.2 Å². The van der Waals surface area contributed by atoms with E-state index in [-0.39, 0.29) is 25.7 Å². The Bertz CT molecular complexity index is 1820. The van der Waals surface area contributed by atoms with Crippen LogP contribution in [0.2, 0.25) is 0 Å². The average Bonchev–Trinajstić information content (AvgIpc) is 1.44. The van der Waals surface area contributed by atoms with Crippen LogP contribution in [-0.4, -0.2) is 96.7 Å². The molecule has 0 saturated heterocycles. The molecule has 0 aliphatic rings. The summed E-state index contributed by atoms with van der Waals surface area (Å²) in [6.07, 6.45) is 58.0. The first kappa shape index (κ1) is 93.1. The van der Waals surface area contributed by atoms with Crippen LogP contribution in [-0.2, 0) is 65.4 Å². The molecule has 0 rings (SSSR count). The molecule has 0 bridgehead atoms. The van der Waals surface area contributed by atoms with Gasteiger partial charge in [0.15, 0.2) is 12.2 Å². The highest BCUT2D eigenvalue weighted by Crippen LogP contribution is 2.45. The van der Waals surface area contributed by atoms with E-state index in [1.165, 1.54) is 225 Å². The number of hydrogen-bond donors (Lipinski definition) is 3. The number of unbranched alkanes of at least 4 members (excludes halogenated alkanes) is 48. The van der Waals surface area contributed by atoms with Crippen LogP contribution >= 0.6 is 15.6 Å². The van der Waals surface area contributed by atoms with Gasteiger partial charge in [-0.05, 0) is 31.6 Å². The highest BCUT2D eigenvalue weighted by molar-refractivity contribution is 7.47. The number of carbonyl (C=O) groups is 4. The molecule has 0 aliphatic carbocycles. The summed E-state index contributed by atoms with van der Waals surface area (Å²) in [5, 5.41) is 10.6. The third kappa shape index (κ3) is 70.3. The number of carbonyl (C=O) groups excluding carboxylic acids is 4. The molecule has 0 amide bonds. The third-order valence-corrected chi connectivity index (χ3v) is 19.7. The van der Waals surface area contributed by atoms with Gasteiger partial charge in [0, 0.05) is 25.7 Å². The minimum atomic E-state index is -4.96. The second-order valence-electron chi connectivity index (χ2n) is 27.9. The average molecular weight is 1400 g/mol. The SMILES string of the molecule is CCCCCCCCCCCCCCCCCC(=O)OC[C@H](COP(=O)(O)OC[C@@H](O)COP(=O)(O)OC[C@@H](COC(=O)CCCCCCCCCCCCC)OC(=O)CCCCCCCCCCCCCC)OC(=O)CCCCCCCCCCCCCCCCC(C)C. The van der Waals surface area contributed by atoms with Crippen molar-refractivity contribution in [1.29, 1.82) is 0 Å². The molecule has 0 aromatic carbocycles. The number of aliphatic hydroxyl groups excluding tert-OH is 1. The van der Waals surface area contributed by atoms with E-state index in [2.05, 4.69) is 34.6 Å². The van der Waals surface area contributed by atoms with Crippen molar-refractivity contribution >= 4 is 39.5 Å². The van der Waals surface area contributed by atoms with Crippen molar-refractivity contribution in [2.75, 3.05) is 39.6 Å². The Kier molecular flexibility index (Phi) is 67.7. The van der Waals surface area contributed by atoms with Crippen molar-refractivity contribution in [3.8, 4) is 0 Å². The topological polar surface area (TPSA) is 237 Å². The number of hydrogen-bond acceptors (Lipinski definition) is 15. The largest absolute Gasteiger partial charge is 0.472 e. The lowest BCUT2D eigenvalue weighted by Gasteiger charge is -2.21. The maximum atomic E-state index is 13.1. The number of rotatable bonds is 76. The number of ether oxygens (including phenoxy) is 4. The van der Waals surface area contributed by atoms with Crippen molar-refractivity contribution < 1.29 is 80.2 Å². The van der Waals surface area contributed by atoms with Gasteiger partial charge in [-0.2, -0.15) is 0 Å². The second kappa shape index (κ2) is 69.2. The van der Waals surface area contributed by atoms with Gasteiger partial charge in [-0.25, -0.2) is 9.13 Å². The molecule has 19 heteroatoms. The molecule has 0 fully saturated rings. The van der Waals surface area contributed by atoms with Crippen molar-refractivity contribution in [3.05, 3.63) is 0 Å². The Morgan fingerprint density at radius 2 is 0.484 bits per heavy atom. The molecule has 0 aromatic heterocycles. The van der Waals surface area contributed by atoms with Gasteiger partial charge >= 0.3 is 39.5 Å². The number of esters is 4. The van der Waals surface area contributed by atoms with E-state index in [4.69, 9.17) is 37.0 Å². The Balaban J connectivity index is 5.25. The fourth-order valence-corrected chi connectivity index (χ4v) is 13.3. The van der Waals surface area contributed by atoms with Crippen molar-refractivity contribution in [2.45, 2.75) is 419 Å². The number of phosphoric ester groups is 2. The van der Waals surface area contributed by atoms with Crippen molar-refractivity contribution in [2.24, 2.45) is 5.92 Å². The van der Waals surface area contributed by atoms with Gasteiger partial charge in [0.2, 0.25) is 0 Å². The predicted octanol–water partition coefficient (Wildman–Crippen LogP) is 22.5. The minimum Gasteiger partial charge on any atom is -0.462 e. The van der Waals surface area contributed by atoms with Crippen LogP contribution < -0.4 is 0 Å². The standard InChI is InChI=1S/C76H148O17P2/c1-6-9-12-15-18-21-24-26-27-31-36-40-45-50-55-60-74(79)87-66-72(93-76(81)62-57-52-47-42-37-32-29-28-30-34-38-43-48-53-58-69(4)5)68-91-95(84,85)89-64-70(77)63-88-94(82,83)90-67-71(65-86-73(78)59-54-49-44-39-33-23-20-17-14-11-8-3)92-75(80)61-56-51-46-41-35-25-22-19-16-13-10-7-2/h69-72,77H,6-68H2,1-5H3,(H,82,83)(H,84,85)/t70-,71+,72+/m0/s1. The molecule has 17 nitrogen and oxygen atoms in total. The number of aliphatic hydroxyl groups is 1. The van der Waals surface area contributed by atoms with Gasteiger partial charge in [0.05, 0.1) is 26.4 Å². The van der Waals surface area contributed by atoms with E-state index in [0.717, 1.165) is 95.8 Å². The van der Waals surface area contributed by atoms with Gasteiger partial charge < -0.3 is 33.8 Å². The Morgan fingerprint density at radius 1 is 0.284 bits per heavy atom. The number of phosphoric acid groups is 2. The zero-order chi connectivity index (χ0) is 69.8. The zero-order valence-electron chi connectivity index (χ0n) is 61.8. The smallest absolute Gasteiger partial charge is 0.462 e. The highest BCUT2D eigenvalue weighted by Gasteiger charge is 2.30. The molecular weight excluding hydrogens is 1250 g/mol. The summed E-state index contributed by atoms with van der Waals surface area (Å²) in [5.74, 6) is -1.32. The lowest BCUT2D eigenvalue weighted by Crippen LogP contribution is -2.30. The highest BCUT2D eigenvalue weighted by atomic mass is 31.2. The van der Waals surface area contributed by atoms with Gasteiger partial charge in [0.1, 0.15) is 19.3 Å². The molecule has 0 heterocycles. The van der Waals surface area contributed by atoms with E-state index in [1.54, 1.807) is 0 Å². The first-order chi connectivity index (χ1) is 46.0. The van der Waals surface area contributed by atoms with Crippen LogP contribution in [0.25, 0.3) is 0 Å². The summed E-state index contributed by atoms with van der Waals surface area (Å²) < 4.78 is 68.5. The van der Waals surface area contributed by atoms with Gasteiger partial charge in [-0.3, -0.25) is 37.3 Å². The Morgan fingerprint density at radius 3 is 0.716 bits per heavy atom. The minimum absolute atomic E-state index is 0.108. The van der Waals surface area contributed by atoms with Crippen molar-refractivity contribution in [3.63, 3.8) is 0 Å². The first-order valence-corrected chi connectivity index (χ1v) is 42.6. The molecule has 3 N–H and O–H groups in total. The fourth-order valence-electron chi connectivity index (χ4n) is 11.7. The lowest BCUT2D eigenvalue weighted by molar-refractivity contribution is -0.161. The molecule has 0 aliphatic heterocycles. The second-order valence-corrected chi connectivity index (χ2v) is 30.8. The summed E-state index contributed by atoms with van der Waals surface area (Å²) in [7, 11) is -9.91. The monoisotopic (exact) mass is 1400 g/mol. The summed E-state index contributed by atoms with van der Waals surface area (Å²) >= 11 is 0. The van der Waals surface area contributed by atoms with Crippen LogP contribution in [0.3, 0.4) is 0 Å². The lowest BCUT2D eigenvalue weighted by atomic mass is 10.0. The molecule has 95 heavy (non-hydrogen) atoms. The van der Waals surface area contributed by atoms with Crippen LogP contribution in [0.4, 0.5) is 0 Å². The molecule has 0 spiro atoms. The molecule has 2 unspecified atom stereocenters. The maximum absolute atomic E-state index is 13.1. The van der Waals surface area contributed by atoms with E-state index >= 15 is 0 Å². The van der Waals surface area contributed by atoms with E-state index in [1.807, 2.05) is 0 Å². The molecule has 5 atom stereocenters. The third-order valence-electron chi connectivity index (χ3n) is 17.8. The van der Waals surface area contributed by atoms with Gasteiger partial charge in [-0.15, -0.1) is 0 Å². The van der Waals surface area contributed by atoms with Gasteiger partial charge in [-0.1, -0.05) is 349 Å².